The van der Waals surface area contributed by atoms with Gasteiger partial charge in [0, 0.05) is 35.4 Å². The number of halogens is 1. The Morgan fingerprint density at radius 1 is 1.37 bits per heavy atom. The number of nitrogens with one attached hydrogen (secondary N) is 1. The van der Waals surface area contributed by atoms with Gasteiger partial charge < -0.3 is 10.2 Å². The highest BCUT2D eigenvalue weighted by Crippen LogP contribution is 2.42. The number of nitrogens with zero attached hydrogens (tertiary/aromatic N) is 1. The van der Waals surface area contributed by atoms with Crippen molar-refractivity contribution < 1.29 is 0 Å². The molecular formula is C16H23ClN2. The first-order valence-corrected chi connectivity index (χ1v) is 7.66. The van der Waals surface area contributed by atoms with Gasteiger partial charge in [-0.05, 0) is 57.2 Å². The lowest BCUT2D eigenvalue weighted by molar-refractivity contribution is 0.260. The third kappa shape index (κ3) is 2.36. The summed E-state index contributed by atoms with van der Waals surface area (Å²) in [6, 6.07) is 6.77. The van der Waals surface area contributed by atoms with Crippen LogP contribution in [0.15, 0.2) is 18.2 Å². The maximum absolute atomic E-state index is 6.28. The van der Waals surface area contributed by atoms with Crippen molar-refractivity contribution in [1.82, 2.24) is 5.32 Å². The molecule has 1 aromatic carbocycles. The maximum Gasteiger partial charge on any atom is 0.0455 e. The van der Waals surface area contributed by atoms with Gasteiger partial charge in [0.1, 0.15) is 0 Å². The summed E-state index contributed by atoms with van der Waals surface area (Å²) < 4.78 is 0. The number of benzene rings is 1. The molecule has 3 rings (SSSR count). The summed E-state index contributed by atoms with van der Waals surface area (Å²) in [5.74, 6) is 0.849. The van der Waals surface area contributed by atoms with Crippen LogP contribution in [0.1, 0.15) is 32.3 Å². The molecule has 1 aromatic rings. The van der Waals surface area contributed by atoms with Gasteiger partial charge in [-0.2, -0.15) is 0 Å². The van der Waals surface area contributed by atoms with Gasteiger partial charge in [0.2, 0.25) is 0 Å². The monoisotopic (exact) mass is 278 g/mol. The minimum absolute atomic E-state index is 0.265. The summed E-state index contributed by atoms with van der Waals surface area (Å²) in [6.45, 7) is 8.93. The molecule has 2 nitrogen and oxygen atoms in total. The van der Waals surface area contributed by atoms with E-state index in [1.165, 1.54) is 24.1 Å². The smallest absolute Gasteiger partial charge is 0.0455 e. The Bertz CT molecular complexity index is 484. The summed E-state index contributed by atoms with van der Waals surface area (Å²) in [5, 5.41) is 4.64. The van der Waals surface area contributed by atoms with Gasteiger partial charge in [-0.3, -0.25) is 0 Å². The van der Waals surface area contributed by atoms with Gasteiger partial charge in [0.15, 0.2) is 0 Å². The van der Waals surface area contributed by atoms with Crippen molar-refractivity contribution in [2.24, 2.45) is 5.92 Å². The minimum Gasteiger partial charge on any atom is -0.365 e. The second-order valence-electron chi connectivity index (χ2n) is 6.43. The van der Waals surface area contributed by atoms with E-state index in [4.69, 9.17) is 11.6 Å². The fourth-order valence-electron chi connectivity index (χ4n) is 3.28. The standard InChI is InChI=1S/C16H23ClN2/c1-11-9-18-16(3,13-7-8-13)10-19(11)15-6-4-5-14(17)12(15)2/h4-6,11,13,18H,7-10H2,1-3H3. The molecule has 1 aliphatic carbocycles. The lowest BCUT2D eigenvalue weighted by Gasteiger charge is -2.47. The van der Waals surface area contributed by atoms with Crippen LogP contribution in [0.5, 0.6) is 0 Å². The van der Waals surface area contributed by atoms with Crippen molar-refractivity contribution in [3.63, 3.8) is 0 Å². The second-order valence-corrected chi connectivity index (χ2v) is 6.84. The molecule has 3 heteroatoms. The highest BCUT2D eigenvalue weighted by atomic mass is 35.5. The first-order valence-electron chi connectivity index (χ1n) is 7.28. The zero-order chi connectivity index (χ0) is 13.6. The zero-order valence-corrected chi connectivity index (χ0v) is 12.8. The van der Waals surface area contributed by atoms with Crippen LogP contribution >= 0.6 is 11.6 Å². The molecule has 0 bridgehead atoms. The molecule has 19 heavy (non-hydrogen) atoms. The summed E-state index contributed by atoms with van der Waals surface area (Å²) in [6.07, 6.45) is 2.75. The fraction of sp³-hybridized carbons (Fsp3) is 0.625. The van der Waals surface area contributed by atoms with Crippen LogP contribution in [0.4, 0.5) is 5.69 Å². The van der Waals surface area contributed by atoms with Crippen molar-refractivity contribution in [1.29, 1.82) is 0 Å². The van der Waals surface area contributed by atoms with Crippen molar-refractivity contribution in [3.05, 3.63) is 28.8 Å². The van der Waals surface area contributed by atoms with Crippen LogP contribution in [0.3, 0.4) is 0 Å². The Morgan fingerprint density at radius 2 is 2.11 bits per heavy atom. The Labute approximate surface area is 121 Å². The summed E-state index contributed by atoms with van der Waals surface area (Å²) >= 11 is 6.28. The van der Waals surface area contributed by atoms with E-state index in [0.717, 1.165) is 24.0 Å². The van der Waals surface area contributed by atoms with Crippen molar-refractivity contribution in [3.8, 4) is 0 Å². The summed E-state index contributed by atoms with van der Waals surface area (Å²) in [5.41, 5.74) is 2.77. The van der Waals surface area contributed by atoms with E-state index < -0.39 is 0 Å². The number of piperazine rings is 1. The Kier molecular flexibility index (Phi) is 3.26. The predicted molar refractivity (Wildman–Crippen MR) is 82.1 cm³/mol. The molecule has 104 valence electrons. The third-order valence-electron chi connectivity index (χ3n) is 4.86. The highest BCUT2D eigenvalue weighted by molar-refractivity contribution is 6.31. The first-order chi connectivity index (χ1) is 9.01. The van der Waals surface area contributed by atoms with Crippen molar-refractivity contribution >= 4 is 17.3 Å². The average molecular weight is 279 g/mol. The lowest BCUT2D eigenvalue weighted by atomic mass is 9.90. The molecular weight excluding hydrogens is 256 g/mol. The molecule has 0 aromatic heterocycles. The third-order valence-corrected chi connectivity index (χ3v) is 5.27. The van der Waals surface area contributed by atoms with E-state index in [9.17, 15) is 0 Å². The first kappa shape index (κ1) is 13.3. The van der Waals surface area contributed by atoms with E-state index in [2.05, 4.69) is 43.1 Å². The topological polar surface area (TPSA) is 15.3 Å². The predicted octanol–water partition coefficient (Wildman–Crippen LogP) is 3.62. The van der Waals surface area contributed by atoms with Crippen molar-refractivity contribution in [2.45, 2.75) is 45.2 Å². The molecule has 2 aliphatic rings. The average Bonchev–Trinajstić information content (AvgIpc) is 3.21. The van der Waals surface area contributed by atoms with Gasteiger partial charge in [0.05, 0.1) is 0 Å². The van der Waals surface area contributed by atoms with E-state index >= 15 is 0 Å². The van der Waals surface area contributed by atoms with Crippen LogP contribution < -0.4 is 10.2 Å². The summed E-state index contributed by atoms with van der Waals surface area (Å²) in [4.78, 5) is 2.54. The molecule has 0 amide bonds. The van der Waals surface area contributed by atoms with E-state index in [1.807, 2.05) is 6.07 Å². The molecule has 1 heterocycles. The molecule has 0 radical (unpaired) electrons. The molecule has 1 saturated heterocycles. The molecule has 2 unspecified atom stereocenters. The van der Waals surface area contributed by atoms with Gasteiger partial charge in [-0.15, -0.1) is 0 Å². The quantitative estimate of drug-likeness (QED) is 0.889. The number of anilines is 1. The lowest BCUT2D eigenvalue weighted by Crippen LogP contribution is -2.63. The van der Waals surface area contributed by atoms with Gasteiger partial charge >= 0.3 is 0 Å². The van der Waals surface area contributed by atoms with E-state index in [-0.39, 0.29) is 5.54 Å². The highest BCUT2D eigenvalue weighted by Gasteiger charge is 2.45. The van der Waals surface area contributed by atoms with Crippen LogP contribution in [-0.2, 0) is 0 Å². The Hall–Kier alpha value is -0.730. The molecule has 2 atom stereocenters. The Balaban J connectivity index is 1.91. The molecule has 0 spiro atoms. The zero-order valence-electron chi connectivity index (χ0n) is 12.0. The molecule has 1 saturated carbocycles. The largest absolute Gasteiger partial charge is 0.365 e. The van der Waals surface area contributed by atoms with E-state index in [0.29, 0.717) is 6.04 Å². The fourth-order valence-corrected chi connectivity index (χ4v) is 3.45. The number of rotatable bonds is 2. The minimum atomic E-state index is 0.265. The Morgan fingerprint density at radius 3 is 2.79 bits per heavy atom. The van der Waals surface area contributed by atoms with Crippen LogP contribution in [0.25, 0.3) is 0 Å². The molecule has 1 aliphatic heterocycles. The molecule has 2 fully saturated rings. The normalized spacial score (nSPS) is 31.6. The SMILES string of the molecule is Cc1c(Cl)cccc1N1CC(C)(C2CC2)NCC1C. The van der Waals surface area contributed by atoms with Crippen LogP contribution in [-0.4, -0.2) is 24.7 Å². The van der Waals surface area contributed by atoms with Gasteiger partial charge in [0.25, 0.3) is 0 Å². The van der Waals surface area contributed by atoms with Crippen LogP contribution in [0, 0.1) is 12.8 Å². The summed E-state index contributed by atoms with van der Waals surface area (Å²) in [7, 11) is 0. The van der Waals surface area contributed by atoms with E-state index in [1.54, 1.807) is 0 Å². The van der Waals surface area contributed by atoms with Crippen molar-refractivity contribution in [2.75, 3.05) is 18.0 Å². The second kappa shape index (κ2) is 4.68. The molecule has 1 N–H and O–H groups in total. The van der Waals surface area contributed by atoms with Gasteiger partial charge in [-0.1, -0.05) is 17.7 Å². The van der Waals surface area contributed by atoms with Crippen LogP contribution in [0.2, 0.25) is 5.02 Å². The van der Waals surface area contributed by atoms with Gasteiger partial charge in [-0.25, -0.2) is 0 Å². The number of hydrogen-bond donors (Lipinski definition) is 1. The number of hydrogen-bond acceptors (Lipinski definition) is 2. The maximum atomic E-state index is 6.28.